The van der Waals surface area contributed by atoms with E-state index in [-0.39, 0.29) is 6.04 Å². The molecule has 0 unspecified atom stereocenters. The van der Waals surface area contributed by atoms with E-state index < -0.39 is 0 Å². The zero-order chi connectivity index (χ0) is 12.3. The summed E-state index contributed by atoms with van der Waals surface area (Å²) in [6.07, 6.45) is 1.00. The van der Waals surface area contributed by atoms with Gasteiger partial charge in [0.2, 0.25) is 0 Å². The van der Waals surface area contributed by atoms with Crippen LogP contribution in [0.2, 0.25) is 0 Å². The van der Waals surface area contributed by atoms with Crippen LogP contribution in [0.15, 0.2) is 36.4 Å². The van der Waals surface area contributed by atoms with Crippen molar-refractivity contribution in [2.75, 3.05) is 6.61 Å². The number of fused-ring (bicyclic) bond motifs is 1. The van der Waals surface area contributed by atoms with Crippen LogP contribution in [0.3, 0.4) is 0 Å². The average Bonchev–Trinajstić information content (AvgIpc) is 2.35. The molecule has 2 aromatic rings. The van der Waals surface area contributed by atoms with E-state index in [0.29, 0.717) is 0 Å². The van der Waals surface area contributed by atoms with Gasteiger partial charge < -0.3 is 10.5 Å². The summed E-state index contributed by atoms with van der Waals surface area (Å²) in [5, 5.41) is 2.35. The van der Waals surface area contributed by atoms with Crippen LogP contribution in [0.5, 0.6) is 5.75 Å². The lowest BCUT2D eigenvalue weighted by Gasteiger charge is -2.16. The molecule has 0 aliphatic rings. The molecule has 17 heavy (non-hydrogen) atoms. The molecule has 0 aliphatic heterocycles. The Bertz CT molecular complexity index is 505. The molecule has 2 aromatic carbocycles. The molecule has 0 radical (unpaired) electrons. The highest BCUT2D eigenvalue weighted by molar-refractivity contribution is 5.89. The van der Waals surface area contributed by atoms with Crippen LogP contribution in [0.4, 0.5) is 0 Å². The van der Waals surface area contributed by atoms with E-state index in [1.54, 1.807) is 0 Å². The zero-order valence-electron chi connectivity index (χ0n) is 10.4. The molecule has 0 bridgehead atoms. The molecule has 90 valence electrons. The normalized spacial score (nSPS) is 12.6. The number of benzene rings is 2. The Morgan fingerprint density at radius 3 is 2.65 bits per heavy atom. The Kier molecular flexibility index (Phi) is 3.64. The van der Waals surface area contributed by atoms with E-state index in [9.17, 15) is 0 Å². The van der Waals surface area contributed by atoms with Gasteiger partial charge in [0.1, 0.15) is 5.75 Å². The molecular formula is C15H19NO. The molecular weight excluding hydrogens is 210 g/mol. The molecule has 2 heteroatoms. The van der Waals surface area contributed by atoms with Gasteiger partial charge in [0.15, 0.2) is 0 Å². The molecule has 0 heterocycles. The van der Waals surface area contributed by atoms with Gasteiger partial charge in [-0.3, -0.25) is 0 Å². The van der Waals surface area contributed by atoms with Crippen molar-refractivity contribution in [1.82, 2.24) is 0 Å². The van der Waals surface area contributed by atoms with Crippen molar-refractivity contribution in [3.63, 3.8) is 0 Å². The Hall–Kier alpha value is -1.54. The van der Waals surface area contributed by atoms with Gasteiger partial charge in [-0.1, -0.05) is 43.3 Å². The van der Waals surface area contributed by atoms with Crippen LogP contribution in [-0.4, -0.2) is 6.61 Å². The summed E-state index contributed by atoms with van der Waals surface area (Å²) in [5.41, 5.74) is 7.08. The molecule has 1 atom stereocenters. The first-order valence-electron chi connectivity index (χ1n) is 6.14. The van der Waals surface area contributed by atoms with Crippen molar-refractivity contribution >= 4 is 10.8 Å². The predicted molar refractivity (Wildman–Crippen MR) is 72.3 cm³/mol. The Balaban J connectivity index is 2.57. The van der Waals surface area contributed by atoms with Crippen LogP contribution >= 0.6 is 0 Å². The highest BCUT2D eigenvalue weighted by atomic mass is 16.5. The first-order valence-corrected chi connectivity index (χ1v) is 6.14. The van der Waals surface area contributed by atoms with E-state index in [1.807, 2.05) is 19.1 Å². The molecule has 0 aromatic heterocycles. The van der Waals surface area contributed by atoms with Crippen LogP contribution in [0.25, 0.3) is 10.8 Å². The fraction of sp³-hybridized carbons (Fsp3) is 0.333. The molecule has 2 N–H and O–H groups in total. The number of hydrogen-bond donors (Lipinski definition) is 1. The Labute approximate surface area is 102 Å². The Morgan fingerprint density at radius 2 is 1.94 bits per heavy atom. The van der Waals surface area contributed by atoms with E-state index in [4.69, 9.17) is 10.5 Å². The largest absolute Gasteiger partial charge is 0.493 e. The van der Waals surface area contributed by atoms with Crippen LogP contribution in [-0.2, 0) is 0 Å². The van der Waals surface area contributed by atoms with Gasteiger partial charge in [-0.25, -0.2) is 0 Å². The highest BCUT2D eigenvalue weighted by Crippen LogP contribution is 2.32. The molecule has 0 saturated heterocycles. The maximum Gasteiger partial charge on any atom is 0.131 e. The summed E-state index contributed by atoms with van der Waals surface area (Å²) in [4.78, 5) is 0. The molecule has 0 fully saturated rings. The molecule has 2 rings (SSSR count). The van der Waals surface area contributed by atoms with Gasteiger partial charge in [0.25, 0.3) is 0 Å². The van der Waals surface area contributed by atoms with Crippen LogP contribution in [0.1, 0.15) is 31.9 Å². The van der Waals surface area contributed by atoms with Crippen LogP contribution in [0, 0.1) is 0 Å². The number of rotatable bonds is 4. The summed E-state index contributed by atoms with van der Waals surface area (Å²) in [5.74, 6) is 0.944. The first-order chi connectivity index (χ1) is 8.24. The monoisotopic (exact) mass is 229 g/mol. The third-order valence-electron chi connectivity index (χ3n) is 2.85. The second kappa shape index (κ2) is 5.19. The summed E-state index contributed by atoms with van der Waals surface area (Å²) < 4.78 is 5.88. The van der Waals surface area contributed by atoms with Crippen LogP contribution < -0.4 is 10.5 Å². The summed E-state index contributed by atoms with van der Waals surface area (Å²) in [6.45, 7) is 4.83. The third-order valence-corrected chi connectivity index (χ3v) is 2.85. The first kappa shape index (κ1) is 11.9. The smallest absolute Gasteiger partial charge is 0.131 e. The minimum atomic E-state index is -0.00791. The second-order valence-electron chi connectivity index (χ2n) is 4.34. The minimum absolute atomic E-state index is 0.00791. The molecule has 0 aliphatic carbocycles. The van der Waals surface area contributed by atoms with Crippen molar-refractivity contribution in [3.8, 4) is 5.75 Å². The van der Waals surface area contributed by atoms with E-state index >= 15 is 0 Å². The van der Waals surface area contributed by atoms with Gasteiger partial charge >= 0.3 is 0 Å². The van der Waals surface area contributed by atoms with Gasteiger partial charge in [0.05, 0.1) is 6.61 Å². The highest BCUT2D eigenvalue weighted by Gasteiger charge is 2.11. The van der Waals surface area contributed by atoms with Gasteiger partial charge in [0, 0.05) is 17.0 Å². The lowest BCUT2D eigenvalue weighted by atomic mass is 10.0. The van der Waals surface area contributed by atoms with Crippen molar-refractivity contribution in [2.24, 2.45) is 5.73 Å². The summed E-state index contributed by atoms with van der Waals surface area (Å²) in [7, 11) is 0. The second-order valence-corrected chi connectivity index (χ2v) is 4.34. The maximum atomic E-state index is 6.00. The number of hydrogen-bond acceptors (Lipinski definition) is 2. The number of nitrogens with two attached hydrogens (primary N) is 1. The van der Waals surface area contributed by atoms with E-state index in [0.717, 1.165) is 29.7 Å². The van der Waals surface area contributed by atoms with Gasteiger partial charge in [-0.15, -0.1) is 0 Å². The topological polar surface area (TPSA) is 35.2 Å². The fourth-order valence-corrected chi connectivity index (χ4v) is 1.98. The summed E-state index contributed by atoms with van der Waals surface area (Å²) >= 11 is 0. The van der Waals surface area contributed by atoms with Crippen molar-refractivity contribution in [3.05, 3.63) is 42.0 Å². The average molecular weight is 229 g/mol. The minimum Gasteiger partial charge on any atom is -0.493 e. The molecule has 2 nitrogen and oxygen atoms in total. The quantitative estimate of drug-likeness (QED) is 0.868. The van der Waals surface area contributed by atoms with E-state index in [1.165, 1.54) is 5.39 Å². The SMILES string of the molecule is CCCOc1c([C@@H](C)N)ccc2ccccc12. The molecule has 0 amide bonds. The van der Waals surface area contributed by atoms with E-state index in [2.05, 4.69) is 31.2 Å². The maximum absolute atomic E-state index is 6.00. The van der Waals surface area contributed by atoms with Crippen molar-refractivity contribution in [2.45, 2.75) is 26.3 Å². The lowest BCUT2D eigenvalue weighted by Crippen LogP contribution is -2.08. The third kappa shape index (κ3) is 2.42. The van der Waals surface area contributed by atoms with Gasteiger partial charge in [-0.05, 0) is 18.7 Å². The molecule has 0 spiro atoms. The Morgan fingerprint density at radius 1 is 1.18 bits per heavy atom. The van der Waals surface area contributed by atoms with Crippen molar-refractivity contribution < 1.29 is 4.74 Å². The fourth-order valence-electron chi connectivity index (χ4n) is 1.98. The summed E-state index contributed by atoms with van der Waals surface area (Å²) in [6, 6.07) is 12.4. The standard InChI is InChI=1S/C15H19NO/c1-3-10-17-15-13(11(2)16)9-8-12-6-4-5-7-14(12)15/h4-9,11H,3,10,16H2,1-2H3/t11-/m1/s1. The lowest BCUT2D eigenvalue weighted by molar-refractivity contribution is 0.316. The predicted octanol–water partition coefficient (Wildman–Crippen LogP) is 3.65. The molecule has 0 saturated carbocycles. The van der Waals surface area contributed by atoms with Crippen molar-refractivity contribution in [1.29, 1.82) is 0 Å². The van der Waals surface area contributed by atoms with Gasteiger partial charge in [-0.2, -0.15) is 0 Å². The number of ether oxygens (including phenoxy) is 1. The zero-order valence-corrected chi connectivity index (χ0v) is 10.4.